The maximum absolute atomic E-state index is 12.4. The average molecular weight is 354 g/mol. The summed E-state index contributed by atoms with van der Waals surface area (Å²) in [4.78, 5) is 14.4. The summed E-state index contributed by atoms with van der Waals surface area (Å²) in [5.74, 6) is 3.86. The van der Waals surface area contributed by atoms with E-state index in [9.17, 15) is 4.79 Å². The van der Waals surface area contributed by atoms with Gasteiger partial charge < -0.3 is 14.8 Å². The minimum absolute atomic E-state index is 0. The number of rotatable bonds is 4. The Balaban J connectivity index is 0.00000169. The third kappa shape index (κ3) is 3.59. The van der Waals surface area contributed by atoms with Gasteiger partial charge in [0.2, 0.25) is 5.91 Å². The summed E-state index contributed by atoms with van der Waals surface area (Å²) in [5.41, 5.74) is 0. The first-order valence-electron chi connectivity index (χ1n) is 9.21. The van der Waals surface area contributed by atoms with E-state index in [-0.39, 0.29) is 12.4 Å². The van der Waals surface area contributed by atoms with E-state index in [2.05, 4.69) is 25.0 Å². The van der Waals surface area contributed by atoms with Gasteiger partial charge in [0.05, 0.1) is 6.54 Å². The smallest absolute Gasteiger partial charge is 0.222 e. The van der Waals surface area contributed by atoms with Crippen molar-refractivity contribution in [2.45, 2.75) is 64.0 Å². The number of nitrogens with one attached hydrogen (secondary N) is 1. The summed E-state index contributed by atoms with van der Waals surface area (Å²) < 4.78 is 2.29. The van der Waals surface area contributed by atoms with Crippen molar-refractivity contribution in [1.82, 2.24) is 25.0 Å². The van der Waals surface area contributed by atoms with Crippen LogP contribution in [0.25, 0.3) is 0 Å². The van der Waals surface area contributed by atoms with Crippen LogP contribution in [-0.4, -0.2) is 45.2 Å². The van der Waals surface area contributed by atoms with Crippen molar-refractivity contribution in [2.24, 2.45) is 5.92 Å². The van der Waals surface area contributed by atoms with Crippen molar-refractivity contribution < 1.29 is 4.79 Å². The van der Waals surface area contributed by atoms with Crippen molar-refractivity contribution >= 4 is 18.3 Å². The number of carbonyl (C=O) groups is 1. The largest absolute Gasteiger partial charge is 0.343 e. The predicted octanol–water partition coefficient (Wildman–Crippen LogP) is 2.09. The van der Waals surface area contributed by atoms with Crippen molar-refractivity contribution in [2.75, 3.05) is 19.6 Å². The lowest BCUT2D eigenvalue weighted by Gasteiger charge is -2.33. The number of hydrogen-bond donors (Lipinski definition) is 1. The van der Waals surface area contributed by atoms with Gasteiger partial charge >= 0.3 is 0 Å². The second-order valence-electron chi connectivity index (χ2n) is 7.29. The maximum atomic E-state index is 12.4. The van der Waals surface area contributed by atoms with Crippen molar-refractivity contribution in [3.63, 3.8) is 0 Å². The Morgan fingerprint density at radius 1 is 1.12 bits per heavy atom. The first-order valence-corrected chi connectivity index (χ1v) is 9.21. The van der Waals surface area contributed by atoms with Crippen LogP contribution in [0.15, 0.2) is 0 Å². The third-order valence-electron chi connectivity index (χ3n) is 5.86. The van der Waals surface area contributed by atoms with E-state index < -0.39 is 0 Å². The lowest BCUT2D eigenvalue weighted by atomic mass is 9.82. The first-order chi connectivity index (χ1) is 11.3. The third-order valence-corrected chi connectivity index (χ3v) is 5.86. The zero-order valence-corrected chi connectivity index (χ0v) is 15.1. The molecule has 7 heteroatoms. The van der Waals surface area contributed by atoms with Gasteiger partial charge in [-0.1, -0.05) is 19.3 Å². The van der Waals surface area contributed by atoms with E-state index in [1.165, 1.54) is 19.3 Å². The highest BCUT2D eigenvalue weighted by Gasteiger charge is 2.29. The number of piperidine rings is 1. The molecule has 3 aliphatic rings. The van der Waals surface area contributed by atoms with Crippen LogP contribution >= 0.6 is 12.4 Å². The maximum Gasteiger partial charge on any atom is 0.222 e. The average Bonchev–Trinajstić information content (AvgIpc) is 2.97. The molecule has 0 radical (unpaired) electrons. The summed E-state index contributed by atoms with van der Waals surface area (Å²) >= 11 is 0. The highest BCUT2D eigenvalue weighted by molar-refractivity contribution is 5.85. The van der Waals surface area contributed by atoms with E-state index in [0.29, 0.717) is 11.8 Å². The molecule has 0 unspecified atom stereocenters. The van der Waals surface area contributed by atoms with Crippen LogP contribution in [0.3, 0.4) is 0 Å². The van der Waals surface area contributed by atoms with Crippen molar-refractivity contribution in [3.8, 4) is 0 Å². The van der Waals surface area contributed by atoms with Crippen LogP contribution in [0.4, 0.5) is 0 Å². The molecular formula is C17H28ClN5O. The Bertz CT molecular complexity index is 563. The fourth-order valence-corrected chi connectivity index (χ4v) is 4.07. The molecule has 0 bridgehead atoms. The lowest BCUT2D eigenvalue weighted by molar-refractivity contribution is -0.132. The van der Waals surface area contributed by atoms with Crippen LogP contribution in [0.2, 0.25) is 0 Å². The van der Waals surface area contributed by atoms with Crippen LogP contribution in [-0.2, 0) is 17.9 Å². The molecule has 134 valence electrons. The molecule has 1 N–H and O–H groups in total. The van der Waals surface area contributed by atoms with Crippen LogP contribution in [0.1, 0.15) is 62.5 Å². The number of nitrogens with zero attached hydrogens (tertiary/aromatic N) is 4. The molecule has 1 aliphatic carbocycles. The highest BCUT2D eigenvalue weighted by Crippen LogP contribution is 2.32. The second kappa shape index (κ2) is 7.83. The van der Waals surface area contributed by atoms with E-state index in [1.807, 2.05) is 0 Å². The molecule has 1 amide bonds. The summed E-state index contributed by atoms with van der Waals surface area (Å²) in [7, 11) is 0. The normalized spacial score (nSPS) is 21.8. The van der Waals surface area contributed by atoms with Gasteiger partial charge in [-0.25, -0.2) is 0 Å². The Hall–Kier alpha value is -1.14. The monoisotopic (exact) mass is 353 g/mol. The number of fused-ring (bicyclic) bond motifs is 1. The van der Waals surface area contributed by atoms with Gasteiger partial charge in [0.25, 0.3) is 0 Å². The summed E-state index contributed by atoms with van der Waals surface area (Å²) in [6.07, 6.45) is 7.94. The molecule has 0 aromatic carbocycles. The molecule has 4 rings (SSSR count). The quantitative estimate of drug-likeness (QED) is 0.900. The Morgan fingerprint density at radius 2 is 1.92 bits per heavy atom. The van der Waals surface area contributed by atoms with Gasteiger partial charge in [-0.2, -0.15) is 0 Å². The van der Waals surface area contributed by atoms with Crippen LogP contribution in [0.5, 0.6) is 0 Å². The number of amides is 1. The minimum atomic E-state index is 0. The number of hydrogen-bond acceptors (Lipinski definition) is 4. The van der Waals surface area contributed by atoms with Gasteiger partial charge in [0.1, 0.15) is 11.6 Å². The lowest BCUT2D eigenvalue weighted by Crippen LogP contribution is -2.39. The molecular weight excluding hydrogens is 326 g/mol. The number of halogens is 1. The summed E-state index contributed by atoms with van der Waals surface area (Å²) in [6.45, 7) is 4.56. The van der Waals surface area contributed by atoms with E-state index >= 15 is 0 Å². The van der Waals surface area contributed by atoms with Crippen LogP contribution < -0.4 is 5.32 Å². The van der Waals surface area contributed by atoms with Gasteiger partial charge in [-0.3, -0.25) is 4.79 Å². The van der Waals surface area contributed by atoms with Gasteiger partial charge in [0.15, 0.2) is 0 Å². The zero-order chi connectivity index (χ0) is 15.6. The molecule has 24 heavy (non-hydrogen) atoms. The topological polar surface area (TPSA) is 63.1 Å². The molecule has 1 saturated carbocycles. The summed E-state index contributed by atoms with van der Waals surface area (Å²) in [5, 5.41) is 12.1. The van der Waals surface area contributed by atoms with Crippen LogP contribution in [0, 0.1) is 5.92 Å². The Labute approximate surface area is 149 Å². The summed E-state index contributed by atoms with van der Waals surface area (Å²) in [6, 6.07) is 0. The molecule has 1 aromatic heterocycles. The molecule has 3 heterocycles. The first kappa shape index (κ1) is 17.7. The van der Waals surface area contributed by atoms with Gasteiger partial charge in [-0.15, -0.1) is 22.6 Å². The highest BCUT2D eigenvalue weighted by atomic mass is 35.5. The second-order valence-corrected chi connectivity index (χ2v) is 7.29. The number of carbonyl (C=O) groups excluding carboxylic acids is 1. The molecule has 1 saturated heterocycles. The van der Waals surface area contributed by atoms with E-state index in [0.717, 1.165) is 76.0 Å². The molecule has 0 spiro atoms. The SMILES string of the molecule is Cl.O=C(CCC1CCC1)N1CCC(c2nnc3n2CCNC3)CC1. The molecule has 0 atom stereocenters. The van der Waals surface area contributed by atoms with E-state index in [1.54, 1.807) is 0 Å². The molecule has 2 fully saturated rings. The van der Waals surface area contributed by atoms with E-state index in [4.69, 9.17) is 0 Å². The standard InChI is InChI=1S/C17H27N5O.ClH/c23-16(5-4-13-2-1-3-13)21-9-6-14(7-10-21)17-20-19-15-12-18-8-11-22(15)17;/h13-14,18H,1-12H2;1H. The van der Waals surface area contributed by atoms with Gasteiger partial charge in [-0.05, 0) is 25.2 Å². The minimum Gasteiger partial charge on any atom is -0.343 e. The number of aromatic nitrogens is 3. The fourth-order valence-electron chi connectivity index (χ4n) is 4.07. The zero-order valence-electron chi connectivity index (χ0n) is 14.2. The fraction of sp³-hybridized carbons (Fsp3) is 0.824. The predicted molar refractivity (Wildman–Crippen MR) is 94.1 cm³/mol. The molecule has 6 nitrogen and oxygen atoms in total. The Morgan fingerprint density at radius 3 is 2.62 bits per heavy atom. The van der Waals surface area contributed by atoms with Crippen molar-refractivity contribution in [1.29, 1.82) is 0 Å². The molecule has 2 aliphatic heterocycles. The number of likely N-dealkylation sites (tertiary alicyclic amines) is 1. The molecule has 1 aromatic rings. The Kier molecular flexibility index (Phi) is 5.76. The van der Waals surface area contributed by atoms with Gasteiger partial charge in [0, 0.05) is 38.5 Å². The van der Waals surface area contributed by atoms with Crippen molar-refractivity contribution in [3.05, 3.63) is 11.6 Å².